The van der Waals surface area contributed by atoms with Crippen molar-refractivity contribution in [2.24, 2.45) is 0 Å². The highest BCUT2D eigenvalue weighted by atomic mass is 32.2. The van der Waals surface area contributed by atoms with Crippen LogP contribution in [0.1, 0.15) is 43.0 Å². The van der Waals surface area contributed by atoms with Crippen LogP contribution in [0.3, 0.4) is 0 Å². The lowest BCUT2D eigenvalue weighted by Crippen LogP contribution is -2.24. The van der Waals surface area contributed by atoms with Gasteiger partial charge in [-0.05, 0) is 6.92 Å². The second-order valence-electron chi connectivity index (χ2n) is 4.74. The Labute approximate surface area is 115 Å². The van der Waals surface area contributed by atoms with Crippen molar-refractivity contribution in [2.45, 2.75) is 32.7 Å². The molecule has 0 fully saturated rings. The molecule has 0 bridgehead atoms. The van der Waals surface area contributed by atoms with E-state index in [9.17, 15) is 14.1 Å². The third-order valence-corrected chi connectivity index (χ3v) is 3.38. The summed E-state index contributed by atoms with van der Waals surface area (Å²) in [6.45, 7) is 5.64. The predicted molar refractivity (Wildman–Crippen MR) is 75.1 cm³/mol. The molecular weight excluding hydrogens is 266 g/mol. The van der Waals surface area contributed by atoms with Crippen molar-refractivity contribution in [1.82, 2.24) is 9.97 Å². The predicted octanol–water partition coefficient (Wildman–Crippen LogP) is 1.48. The number of nitrogens with zero attached hydrogens (tertiary/aromatic N) is 2. The SMILES string of the molecule is CC(CS(C)=O)Nc1cnc(C(C)C)nc1C(=O)O. The number of hydrogen-bond donors (Lipinski definition) is 2. The summed E-state index contributed by atoms with van der Waals surface area (Å²) in [5.74, 6) is -0.107. The smallest absolute Gasteiger partial charge is 0.356 e. The molecule has 0 saturated carbocycles. The molecule has 1 rings (SSSR count). The molecule has 0 saturated heterocycles. The van der Waals surface area contributed by atoms with Crippen LogP contribution >= 0.6 is 0 Å². The van der Waals surface area contributed by atoms with E-state index in [1.807, 2.05) is 20.8 Å². The number of hydrogen-bond acceptors (Lipinski definition) is 5. The molecule has 0 aliphatic heterocycles. The Morgan fingerprint density at radius 1 is 1.47 bits per heavy atom. The molecule has 1 aromatic heterocycles. The van der Waals surface area contributed by atoms with Gasteiger partial charge in [0.05, 0.1) is 11.9 Å². The van der Waals surface area contributed by atoms with Gasteiger partial charge in [0.1, 0.15) is 5.82 Å². The molecule has 2 unspecified atom stereocenters. The van der Waals surface area contributed by atoms with Gasteiger partial charge in [0.2, 0.25) is 0 Å². The summed E-state index contributed by atoms with van der Waals surface area (Å²) in [5, 5.41) is 12.2. The number of carbonyl (C=O) groups is 1. The molecule has 7 heteroatoms. The zero-order valence-corrected chi connectivity index (χ0v) is 12.3. The van der Waals surface area contributed by atoms with E-state index in [0.717, 1.165) is 0 Å². The fraction of sp³-hybridized carbons (Fsp3) is 0.583. The van der Waals surface area contributed by atoms with E-state index in [0.29, 0.717) is 17.3 Å². The first-order valence-corrected chi connectivity index (χ1v) is 7.70. The molecule has 106 valence electrons. The van der Waals surface area contributed by atoms with Crippen molar-refractivity contribution in [3.05, 3.63) is 17.7 Å². The van der Waals surface area contributed by atoms with Gasteiger partial charge in [-0.3, -0.25) is 4.21 Å². The number of aromatic nitrogens is 2. The maximum atomic E-state index is 11.2. The van der Waals surface area contributed by atoms with Gasteiger partial charge in [-0.1, -0.05) is 13.8 Å². The Hall–Kier alpha value is -1.50. The Kier molecular flexibility index (Phi) is 5.41. The molecule has 2 atom stereocenters. The second kappa shape index (κ2) is 6.60. The summed E-state index contributed by atoms with van der Waals surface area (Å²) in [7, 11) is -0.949. The van der Waals surface area contributed by atoms with Crippen LogP contribution in [-0.4, -0.2) is 43.3 Å². The molecular formula is C12H19N3O3S. The summed E-state index contributed by atoms with van der Waals surface area (Å²) in [6, 6.07) is -0.113. The molecule has 1 aromatic rings. The summed E-state index contributed by atoms with van der Waals surface area (Å²) in [5.41, 5.74) is 0.308. The van der Waals surface area contributed by atoms with Gasteiger partial charge in [0.15, 0.2) is 5.69 Å². The fourth-order valence-corrected chi connectivity index (χ4v) is 2.39. The summed E-state index contributed by atoms with van der Waals surface area (Å²) < 4.78 is 11.1. The first kappa shape index (κ1) is 15.6. The van der Waals surface area contributed by atoms with Gasteiger partial charge >= 0.3 is 5.97 Å². The Morgan fingerprint density at radius 2 is 2.11 bits per heavy atom. The Morgan fingerprint density at radius 3 is 2.58 bits per heavy atom. The molecule has 0 aliphatic rings. The van der Waals surface area contributed by atoms with E-state index in [4.69, 9.17) is 0 Å². The number of aromatic carboxylic acids is 1. The van der Waals surface area contributed by atoms with Crippen LogP contribution < -0.4 is 5.32 Å². The normalized spacial score (nSPS) is 14.2. The third-order valence-electron chi connectivity index (χ3n) is 2.41. The minimum absolute atomic E-state index is 0.0487. The van der Waals surface area contributed by atoms with Crippen molar-refractivity contribution in [1.29, 1.82) is 0 Å². The number of rotatable bonds is 6. The van der Waals surface area contributed by atoms with E-state index >= 15 is 0 Å². The van der Waals surface area contributed by atoms with Crippen LogP contribution in [-0.2, 0) is 10.8 Å². The van der Waals surface area contributed by atoms with Gasteiger partial charge < -0.3 is 10.4 Å². The highest BCUT2D eigenvalue weighted by Crippen LogP contribution is 2.17. The van der Waals surface area contributed by atoms with Crippen LogP contribution in [0.4, 0.5) is 5.69 Å². The first-order valence-electron chi connectivity index (χ1n) is 5.98. The standard InChI is InChI=1S/C12H19N3O3S/c1-7(2)11-13-5-9(10(15-11)12(16)17)14-8(3)6-19(4)18/h5,7-8,14H,6H2,1-4H3,(H,16,17). The molecule has 2 N–H and O–H groups in total. The number of anilines is 1. The van der Waals surface area contributed by atoms with E-state index in [1.165, 1.54) is 6.20 Å². The van der Waals surface area contributed by atoms with Crippen LogP contribution in [0.5, 0.6) is 0 Å². The third kappa shape index (κ3) is 4.59. The lowest BCUT2D eigenvalue weighted by atomic mass is 10.2. The summed E-state index contributed by atoms with van der Waals surface area (Å²) in [4.78, 5) is 19.4. The molecule has 0 aromatic carbocycles. The maximum Gasteiger partial charge on any atom is 0.356 e. The largest absolute Gasteiger partial charge is 0.476 e. The van der Waals surface area contributed by atoms with Gasteiger partial charge in [-0.15, -0.1) is 0 Å². The second-order valence-corrected chi connectivity index (χ2v) is 6.22. The van der Waals surface area contributed by atoms with Crippen LogP contribution in [0, 0.1) is 0 Å². The van der Waals surface area contributed by atoms with E-state index in [2.05, 4.69) is 15.3 Å². The van der Waals surface area contributed by atoms with Gasteiger partial charge in [0, 0.05) is 34.8 Å². The fourth-order valence-electron chi connectivity index (χ4n) is 1.60. The summed E-state index contributed by atoms with van der Waals surface area (Å²) in [6.07, 6.45) is 3.08. The van der Waals surface area contributed by atoms with Crippen molar-refractivity contribution < 1.29 is 14.1 Å². The summed E-state index contributed by atoms with van der Waals surface area (Å²) >= 11 is 0. The molecule has 1 heterocycles. The molecule has 0 aliphatic carbocycles. The highest BCUT2D eigenvalue weighted by Gasteiger charge is 2.17. The highest BCUT2D eigenvalue weighted by molar-refractivity contribution is 7.84. The molecule has 0 radical (unpaired) electrons. The average molecular weight is 285 g/mol. The minimum Gasteiger partial charge on any atom is -0.476 e. The molecule has 0 spiro atoms. The lowest BCUT2D eigenvalue weighted by molar-refractivity contribution is 0.0691. The zero-order valence-electron chi connectivity index (χ0n) is 11.5. The lowest BCUT2D eigenvalue weighted by Gasteiger charge is -2.16. The average Bonchev–Trinajstić information content (AvgIpc) is 2.27. The van der Waals surface area contributed by atoms with Crippen molar-refractivity contribution in [2.75, 3.05) is 17.3 Å². The number of carboxylic acids is 1. The quantitative estimate of drug-likeness (QED) is 0.822. The topological polar surface area (TPSA) is 92.2 Å². The Bertz CT molecular complexity index is 491. The first-order chi connectivity index (χ1) is 8.81. The molecule has 0 amide bonds. The van der Waals surface area contributed by atoms with Gasteiger partial charge in [-0.2, -0.15) is 0 Å². The Balaban J connectivity index is 3.00. The van der Waals surface area contributed by atoms with Crippen molar-refractivity contribution >= 4 is 22.5 Å². The van der Waals surface area contributed by atoms with Crippen LogP contribution in [0.2, 0.25) is 0 Å². The maximum absolute atomic E-state index is 11.2. The van der Waals surface area contributed by atoms with Crippen molar-refractivity contribution in [3.8, 4) is 0 Å². The zero-order chi connectivity index (χ0) is 14.6. The van der Waals surface area contributed by atoms with Crippen molar-refractivity contribution in [3.63, 3.8) is 0 Å². The number of nitrogens with one attached hydrogen (secondary N) is 1. The molecule has 19 heavy (non-hydrogen) atoms. The van der Waals surface area contributed by atoms with Gasteiger partial charge in [-0.25, -0.2) is 14.8 Å². The van der Waals surface area contributed by atoms with E-state index in [1.54, 1.807) is 6.26 Å². The van der Waals surface area contributed by atoms with E-state index in [-0.39, 0.29) is 17.7 Å². The van der Waals surface area contributed by atoms with Crippen LogP contribution in [0.25, 0.3) is 0 Å². The number of carboxylic acid groups (broad SMARTS) is 1. The van der Waals surface area contributed by atoms with E-state index < -0.39 is 16.8 Å². The minimum atomic E-state index is -1.10. The van der Waals surface area contributed by atoms with Crippen LogP contribution in [0.15, 0.2) is 6.20 Å². The van der Waals surface area contributed by atoms with Gasteiger partial charge in [0.25, 0.3) is 0 Å². The molecule has 6 nitrogen and oxygen atoms in total. The monoisotopic (exact) mass is 285 g/mol.